The van der Waals surface area contributed by atoms with Crippen molar-refractivity contribution in [1.29, 1.82) is 0 Å². The molecule has 0 aliphatic carbocycles. The van der Waals surface area contributed by atoms with Gasteiger partial charge in [0.1, 0.15) is 5.75 Å². The van der Waals surface area contributed by atoms with Crippen LogP contribution in [0.2, 0.25) is 10.0 Å². The SMILES string of the molecule is Nc1c(Cl)cccc1Oc1ccccc1Cl. The number of halogens is 2. The molecule has 0 spiro atoms. The van der Waals surface area contributed by atoms with Gasteiger partial charge >= 0.3 is 0 Å². The van der Waals surface area contributed by atoms with E-state index in [4.69, 9.17) is 33.7 Å². The van der Waals surface area contributed by atoms with Crippen LogP contribution in [-0.2, 0) is 0 Å². The quantitative estimate of drug-likeness (QED) is 0.807. The summed E-state index contributed by atoms with van der Waals surface area (Å²) >= 11 is 11.8. The number of benzene rings is 2. The van der Waals surface area contributed by atoms with Crippen molar-refractivity contribution in [1.82, 2.24) is 0 Å². The Morgan fingerprint density at radius 3 is 2.19 bits per heavy atom. The Balaban J connectivity index is 2.35. The van der Waals surface area contributed by atoms with Gasteiger partial charge in [-0.25, -0.2) is 0 Å². The minimum absolute atomic E-state index is 0.407. The lowest BCUT2D eigenvalue weighted by atomic mass is 10.3. The molecule has 2 rings (SSSR count). The first-order chi connectivity index (χ1) is 7.68. The Hall–Kier alpha value is -1.38. The van der Waals surface area contributed by atoms with Gasteiger partial charge in [0.25, 0.3) is 0 Å². The van der Waals surface area contributed by atoms with Crippen LogP contribution in [0.15, 0.2) is 42.5 Å². The highest BCUT2D eigenvalue weighted by Gasteiger charge is 2.07. The van der Waals surface area contributed by atoms with Gasteiger partial charge in [0, 0.05) is 0 Å². The van der Waals surface area contributed by atoms with Gasteiger partial charge in [-0.3, -0.25) is 0 Å². The molecule has 0 fully saturated rings. The third-order valence-electron chi connectivity index (χ3n) is 2.07. The number of nitrogen functional groups attached to an aromatic ring is 1. The Labute approximate surface area is 104 Å². The summed E-state index contributed by atoms with van der Waals surface area (Å²) in [5.74, 6) is 1.05. The van der Waals surface area contributed by atoms with Crippen molar-refractivity contribution in [2.75, 3.05) is 5.73 Å². The molecule has 0 aromatic heterocycles. The monoisotopic (exact) mass is 253 g/mol. The predicted octanol–water partition coefficient (Wildman–Crippen LogP) is 4.37. The van der Waals surface area contributed by atoms with Crippen LogP contribution in [0.3, 0.4) is 0 Å². The highest BCUT2D eigenvalue weighted by Crippen LogP contribution is 2.35. The van der Waals surface area contributed by atoms with Crippen LogP contribution in [0, 0.1) is 0 Å². The van der Waals surface area contributed by atoms with E-state index in [2.05, 4.69) is 0 Å². The van der Waals surface area contributed by atoms with Crippen LogP contribution in [0.1, 0.15) is 0 Å². The van der Waals surface area contributed by atoms with E-state index in [1.165, 1.54) is 0 Å². The molecule has 0 atom stereocenters. The molecule has 0 radical (unpaired) electrons. The van der Waals surface area contributed by atoms with Crippen LogP contribution in [0.4, 0.5) is 5.69 Å². The van der Waals surface area contributed by atoms with Crippen molar-refractivity contribution < 1.29 is 4.74 Å². The van der Waals surface area contributed by atoms with Crippen molar-refractivity contribution in [3.05, 3.63) is 52.5 Å². The third kappa shape index (κ3) is 2.23. The van der Waals surface area contributed by atoms with Crippen LogP contribution in [0.25, 0.3) is 0 Å². The predicted molar refractivity (Wildman–Crippen MR) is 67.4 cm³/mol. The molecule has 4 heteroatoms. The van der Waals surface area contributed by atoms with E-state index in [0.29, 0.717) is 27.2 Å². The lowest BCUT2D eigenvalue weighted by Gasteiger charge is -2.10. The van der Waals surface area contributed by atoms with E-state index >= 15 is 0 Å². The van der Waals surface area contributed by atoms with Crippen LogP contribution in [0.5, 0.6) is 11.5 Å². The number of hydrogen-bond donors (Lipinski definition) is 1. The lowest BCUT2D eigenvalue weighted by Crippen LogP contribution is -1.93. The van der Waals surface area contributed by atoms with Gasteiger partial charge in [0.2, 0.25) is 0 Å². The summed E-state index contributed by atoms with van der Waals surface area (Å²) in [6.45, 7) is 0. The van der Waals surface area contributed by atoms with Crippen molar-refractivity contribution >= 4 is 28.9 Å². The molecule has 0 aliphatic heterocycles. The molecule has 0 heterocycles. The fourth-order valence-corrected chi connectivity index (χ4v) is 1.59. The molecule has 2 aromatic rings. The molecular weight excluding hydrogens is 245 g/mol. The number of hydrogen-bond acceptors (Lipinski definition) is 2. The van der Waals surface area contributed by atoms with E-state index in [1.54, 1.807) is 30.3 Å². The highest BCUT2D eigenvalue weighted by molar-refractivity contribution is 6.33. The van der Waals surface area contributed by atoms with Gasteiger partial charge in [-0.15, -0.1) is 0 Å². The molecule has 0 bridgehead atoms. The molecule has 0 amide bonds. The first-order valence-corrected chi connectivity index (χ1v) is 5.40. The molecule has 0 saturated carbocycles. The molecule has 2 aromatic carbocycles. The maximum absolute atomic E-state index is 5.97. The third-order valence-corrected chi connectivity index (χ3v) is 2.71. The molecule has 82 valence electrons. The largest absolute Gasteiger partial charge is 0.454 e. The average molecular weight is 254 g/mol. The van der Waals surface area contributed by atoms with Gasteiger partial charge < -0.3 is 10.5 Å². The summed E-state index contributed by atoms with van der Waals surface area (Å²) in [5, 5.41) is 0.992. The number of nitrogens with two attached hydrogens (primary N) is 1. The number of rotatable bonds is 2. The van der Waals surface area contributed by atoms with Gasteiger partial charge in [0.15, 0.2) is 5.75 Å². The number of ether oxygens (including phenoxy) is 1. The van der Waals surface area contributed by atoms with Crippen LogP contribution < -0.4 is 10.5 Å². The van der Waals surface area contributed by atoms with E-state index in [0.717, 1.165) is 0 Å². The van der Waals surface area contributed by atoms with Gasteiger partial charge in [-0.1, -0.05) is 41.4 Å². The maximum atomic E-state index is 5.97. The first-order valence-electron chi connectivity index (χ1n) is 4.65. The van der Waals surface area contributed by atoms with Crippen LogP contribution in [-0.4, -0.2) is 0 Å². The summed E-state index contributed by atoms with van der Waals surface area (Å²) < 4.78 is 5.58. The van der Waals surface area contributed by atoms with Crippen molar-refractivity contribution in [3.63, 3.8) is 0 Å². The Morgan fingerprint density at radius 1 is 0.812 bits per heavy atom. The zero-order valence-corrected chi connectivity index (χ0v) is 9.79. The normalized spacial score (nSPS) is 10.1. The second-order valence-corrected chi connectivity index (χ2v) is 4.00. The Bertz CT molecular complexity index is 514. The van der Waals surface area contributed by atoms with Crippen molar-refractivity contribution in [2.45, 2.75) is 0 Å². The number of anilines is 1. The van der Waals surface area contributed by atoms with E-state index in [9.17, 15) is 0 Å². The summed E-state index contributed by atoms with van der Waals surface area (Å²) in [6, 6.07) is 12.4. The van der Waals surface area contributed by atoms with Gasteiger partial charge in [-0.2, -0.15) is 0 Å². The molecular formula is C12H9Cl2NO. The fraction of sp³-hybridized carbons (Fsp3) is 0. The molecule has 0 saturated heterocycles. The van der Waals surface area contributed by atoms with Crippen molar-refractivity contribution in [2.24, 2.45) is 0 Å². The summed E-state index contributed by atoms with van der Waals surface area (Å²) in [5.41, 5.74) is 6.19. The minimum atomic E-state index is 0.407. The van der Waals surface area contributed by atoms with Gasteiger partial charge in [0.05, 0.1) is 15.7 Å². The van der Waals surface area contributed by atoms with Crippen molar-refractivity contribution in [3.8, 4) is 11.5 Å². The van der Waals surface area contributed by atoms with E-state index < -0.39 is 0 Å². The molecule has 0 unspecified atom stereocenters. The van der Waals surface area contributed by atoms with Crippen LogP contribution >= 0.6 is 23.2 Å². The fourth-order valence-electron chi connectivity index (χ4n) is 1.25. The van der Waals surface area contributed by atoms with Gasteiger partial charge in [-0.05, 0) is 24.3 Å². The Morgan fingerprint density at radius 2 is 1.44 bits per heavy atom. The topological polar surface area (TPSA) is 35.2 Å². The average Bonchev–Trinajstić information content (AvgIpc) is 2.28. The first kappa shape index (κ1) is 11.1. The van der Waals surface area contributed by atoms with E-state index in [-0.39, 0.29) is 0 Å². The minimum Gasteiger partial charge on any atom is -0.454 e. The molecule has 2 N–H and O–H groups in total. The molecule has 2 nitrogen and oxygen atoms in total. The summed E-state index contributed by atoms with van der Waals surface area (Å²) in [7, 11) is 0. The molecule has 16 heavy (non-hydrogen) atoms. The summed E-state index contributed by atoms with van der Waals surface area (Å²) in [4.78, 5) is 0. The maximum Gasteiger partial charge on any atom is 0.151 e. The lowest BCUT2D eigenvalue weighted by molar-refractivity contribution is 0.485. The smallest absolute Gasteiger partial charge is 0.151 e. The standard InChI is InChI=1S/C12H9Cl2NO/c13-8-4-1-2-6-10(8)16-11-7-3-5-9(14)12(11)15/h1-7H,15H2. The highest BCUT2D eigenvalue weighted by atomic mass is 35.5. The Kier molecular flexibility index (Phi) is 3.22. The second kappa shape index (κ2) is 4.64. The second-order valence-electron chi connectivity index (χ2n) is 3.18. The summed E-state index contributed by atoms with van der Waals surface area (Å²) in [6.07, 6.45) is 0. The van der Waals surface area contributed by atoms with E-state index in [1.807, 2.05) is 12.1 Å². The zero-order valence-electron chi connectivity index (χ0n) is 8.28. The molecule has 0 aliphatic rings. The zero-order chi connectivity index (χ0) is 11.5. The number of para-hydroxylation sites is 2.